The van der Waals surface area contributed by atoms with Gasteiger partial charge in [-0.05, 0) is 61.0 Å². The number of imide groups is 1. The topological polar surface area (TPSA) is 87.7 Å². The normalized spacial score (nSPS) is 13.4. The standard InChI is InChI=1S/C25H19Cl2N3O4/c1-14-6-7-15(23(31)28-17-4-3-5-19(13-17)34-2)12-20(14)29-22-21(27)24(32)30(25(22)33)18-10-8-16(26)9-11-18/h3-13,29H,1-2H3,(H,28,31). The number of ether oxygens (including phenoxy) is 1. The number of benzene rings is 3. The molecule has 0 unspecified atom stereocenters. The van der Waals surface area contributed by atoms with E-state index in [4.69, 9.17) is 27.9 Å². The van der Waals surface area contributed by atoms with Gasteiger partial charge < -0.3 is 15.4 Å². The van der Waals surface area contributed by atoms with Crippen molar-refractivity contribution in [3.8, 4) is 5.75 Å². The van der Waals surface area contributed by atoms with E-state index >= 15 is 0 Å². The maximum Gasteiger partial charge on any atom is 0.283 e. The molecular weight excluding hydrogens is 477 g/mol. The molecule has 1 aliphatic rings. The Morgan fingerprint density at radius 2 is 1.68 bits per heavy atom. The number of nitrogens with one attached hydrogen (secondary N) is 2. The Morgan fingerprint density at radius 3 is 2.38 bits per heavy atom. The molecule has 4 rings (SSSR count). The molecule has 1 aliphatic heterocycles. The van der Waals surface area contributed by atoms with Crippen LogP contribution in [0.5, 0.6) is 5.75 Å². The molecule has 0 radical (unpaired) electrons. The van der Waals surface area contributed by atoms with Crippen LogP contribution in [0.25, 0.3) is 0 Å². The minimum atomic E-state index is -0.652. The Labute approximate surface area is 205 Å². The monoisotopic (exact) mass is 495 g/mol. The quantitative estimate of drug-likeness (QED) is 0.450. The van der Waals surface area contributed by atoms with Crippen molar-refractivity contribution >= 4 is 58.0 Å². The largest absolute Gasteiger partial charge is 0.497 e. The molecule has 172 valence electrons. The highest BCUT2D eigenvalue weighted by Gasteiger charge is 2.39. The fraction of sp³-hybridized carbons (Fsp3) is 0.0800. The van der Waals surface area contributed by atoms with Crippen molar-refractivity contribution in [2.24, 2.45) is 0 Å². The molecule has 34 heavy (non-hydrogen) atoms. The number of carbonyl (C=O) groups is 3. The molecule has 0 atom stereocenters. The van der Waals surface area contributed by atoms with Crippen molar-refractivity contribution in [2.45, 2.75) is 6.92 Å². The lowest BCUT2D eigenvalue weighted by Crippen LogP contribution is -2.32. The van der Waals surface area contributed by atoms with Crippen molar-refractivity contribution in [1.82, 2.24) is 0 Å². The van der Waals surface area contributed by atoms with E-state index in [-0.39, 0.29) is 16.6 Å². The van der Waals surface area contributed by atoms with Crippen LogP contribution in [0.3, 0.4) is 0 Å². The van der Waals surface area contributed by atoms with E-state index in [1.807, 2.05) is 0 Å². The Hall–Kier alpha value is -3.81. The Balaban J connectivity index is 1.57. The molecule has 0 saturated heterocycles. The summed E-state index contributed by atoms with van der Waals surface area (Å²) in [5.41, 5.74) is 2.40. The van der Waals surface area contributed by atoms with Crippen LogP contribution < -0.4 is 20.3 Å². The lowest BCUT2D eigenvalue weighted by Gasteiger charge is -2.16. The van der Waals surface area contributed by atoms with Crippen LogP contribution in [0.2, 0.25) is 5.02 Å². The molecule has 0 aliphatic carbocycles. The highest BCUT2D eigenvalue weighted by molar-refractivity contribution is 6.53. The first-order chi connectivity index (χ1) is 16.3. The lowest BCUT2D eigenvalue weighted by molar-refractivity contribution is -0.120. The summed E-state index contributed by atoms with van der Waals surface area (Å²) in [6, 6.07) is 18.2. The minimum Gasteiger partial charge on any atom is -0.497 e. The van der Waals surface area contributed by atoms with E-state index in [0.29, 0.717) is 33.4 Å². The second-order valence-electron chi connectivity index (χ2n) is 7.45. The smallest absolute Gasteiger partial charge is 0.283 e. The van der Waals surface area contributed by atoms with E-state index in [0.717, 1.165) is 10.5 Å². The van der Waals surface area contributed by atoms with Crippen LogP contribution in [-0.2, 0) is 9.59 Å². The zero-order chi connectivity index (χ0) is 24.4. The van der Waals surface area contributed by atoms with Gasteiger partial charge in [0, 0.05) is 28.0 Å². The Morgan fingerprint density at radius 1 is 0.941 bits per heavy atom. The number of halogens is 2. The fourth-order valence-corrected chi connectivity index (χ4v) is 3.71. The van der Waals surface area contributed by atoms with Crippen LogP contribution in [0.15, 0.2) is 77.5 Å². The molecule has 0 fully saturated rings. The van der Waals surface area contributed by atoms with Gasteiger partial charge in [0.15, 0.2) is 0 Å². The van der Waals surface area contributed by atoms with Crippen molar-refractivity contribution in [2.75, 3.05) is 22.6 Å². The third-order valence-electron chi connectivity index (χ3n) is 5.20. The third-order valence-corrected chi connectivity index (χ3v) is 5.80. The average Bonchev–Trinajstić information content (AvgIpc) is 3.04. The molecule has 0 bridgehead atoms. The highest BCUT2D eigenvalue weighted by Crippen LogP contribution is 2.32. The second-order valence-corrected chi connectivity index (χ2v) is 8.27. The second kappa shape index (κ2) is 9.59. The number of nitrogens with zero attached hydrogens (tertiary/aromatic N) is 1. The summed E-state index contributed by atoms with van der Waals surface area (Å²) in [4.78, 5) is 39.5. The summed E-state index contributed by atoms with van der Waals surface area (Å²) in [7, 11) is 1.54. The van der Waals surface area contributed by atoms with Gasteiger partial charge in [-0.25, -0.2) is 4.90 Å². The zero-order valence-electron chi connectivity index (χ0n) is 18.2. The molecule has 3 aromatic carbocycles. The first-order valence-electron chi connectivity index (χ1n) is 10.2. The van der Waals surface area contributed by atoms with Crippen LogP contribution in [-0.4, -0.2) is 24.8 Å². The lowest BCUT2D eigenvalue weighted by atomic mass is 10.1. The molecule has 0 spiro atoms. The van der Waals surface area contributed by atoms with E-state index in [9.17, 15) is 14.4 Å². The SMILES string of the molecule is COc1cccc(NC(=O)c2ccc(C)c(NC3=C(Cl)C(=O)N(c4ccc(Cl)cc4)C3=O)c2)c1. The predicted molar refractivity (Wildman–Crippen MR) is 133 cm³/mol. The van der Waals surface area contributed by atoms with Crippen LogP contribution >= 0.6 is 23.2 Å². The number of hydrogen-bond acceptors (Lipinski definition) is 5. The van der Waals surface area contributed by atoms with Gasteiger partial charge in [-0.15, -0.1) is 0 Å². The van der Waals surface area contributed by atoms with Gasteiger partial charge in [0.2, 0.25) is 0 Å². The molecular formula is C25H19Cl2N3O4. The first-order valence-corrected chi connectivity index (χ1v) is 10.9. The van der Waals surface area contributed by atoms with Crippen LogP contribution in [0.4, 0.5) is 17.1 Å². The van der Waals surface area contributed by atoms with E-state index in [1.54, 1.807) is 80.8 Å². The Bertz CT molecular complexity index is 1340. The van der Waals surface area contributed by atoms with Gasteiger partial charge in [0.1, 0.15) is 16.5 Å². The number of amides is 3. The van der Waals surface area contributed by atoms with Crippen molar-refractivity contribution in [3.05, 3.63) is 93.6 Å². The van der Waals surface area contributed by atoms with Crippen LogP contribution in [0.1, 0.15) is 15.9 Å². The summed E-state index contributed by atoms with van der Waals surface area (Å²) >= 11 is 12.1. The van der Waals surface area contributed by atoms with Crippen molar-refractivity contribution in [3.63, 3.8) is 0 Å². The average molecular weight is 496 g/mol. The number of aryl methyl sites for hydroxylation is 1. The minimum absolute atomic E-state index is 0.0740. The van der Waals surface area contributed by atoms with Gasteiger partial charge in [0.25, 0.3) is 17.7 Å². The van der Waals surface area contributed by atoms with E-state index in [2.05, 4.69) is 10.6 Å². The molecule has 7 nitrogen and oxygen atoms in total. The number of hydrogen-bond donors (Lipinski definition) is 2. The van der Waals surface area contributed by atoms with E-state index < -0.39 is 11.8 Å². The molecule has 0 aromatic heterocycles. The predicted octanol–water partition coefficient (Wildman–Crippen LogP) is 5.35. The van der Waals surface area contributed by atoms with Gasteiger partial charge in [-0.1, -0.05) is 35.3 Å². The summed E-state index contributed by atoms with van der Waals surface area (Å²) in [5.74, 6) is -1.00. The van der Waals surface area contributed by atoms with Gasteiger partial charge in [-0.2, -0.15) is 0 Å². The van der Waals surface area contributed by atoms with Gasteiger partial charge in [-0.3, -0.25) is 14.4 Å². The molecule has 3 amide bonds. The van der Waals surface area contributed by atoms with Crippen LogP contribution in [0, 0.1) is 6.92 Å². The maximum atomic E-state index is 13.0. The fourth-order valence-electron chi connectivity index (χ4n) is 3.37. The maximum absolute atomic E-state index is 13.0. The number of anilines is 3. The number of methoxy groups -OCH3 is 1. The molecule has 2 N–H and O–H groups in total. The summed E-state index contributed by atoms with van der Waals surface area (Å²) in [6.07, 6.45) is 0. The first kappa shape index (κ1) is 23.4. The molecule has 9 heteroatoms. The summed E-state index contributed by atoms with van der Waals surface area (Å²) in [5, 5.41) is 5.97. The third kappa shape index (κ3) is 4.62. The number of rotatable bonds is 6. The Kier molecular flexibility index (Phi) is 6.58. The number of carbonyl (C=O) groups excluding carboxylic acids is 3. The highest BCUT2D eigenvalue weighted by atomic mass is 35.5. The summed E-state index contributed by atoms with van der Waals surface area (Å²) in [6.45, 7) is 1.80. The molecule has 3 aromatic rings. The van der Waals surface area contributed by atoms with Crippen molar-refractivity contribution < 1.29 is 19.1 Å². The van der Waals surface area contributed by atoms with Gasteiger partial charge in [0.05, 0.1) is 12.8 Å². The van der Waals surface area contributed by atoms with Gasteiger partial charge >= 0.3 is 0 Å². The van der Waals surface area contributed by atoms with Crippen molar-refractivity contribution in [1.29, 1.82) is 0 Å². The molecule has 1 heterocycles. The zero-order valence-corrected chi connectivity index (χ0v) is 19.7. The van der Waals surface area contributed by atoms with E-state index in [1.165, 1.54) is 0 Å². The summed E-state index contributed by atoms with van der Waals surface area (Å²) < 4.78 is 5.18. The molecule has 0 saturated carbocycles.